The molecule has 1 amide bonds. The Morgan fingerprint density at radius 1 is 1.11 bits per heavy atom. The molecule has 1 aromatic heterocycles. The first-order valence-electron chi connectivity index (χ1n) is 8.57. The van der Waals surface area contributed by atoms with Gasteiger partial charge in [-0.1, -0.05) is 22.0 Å². The van der Waals surface area contributed by atoms with Gasteiger partial charge in [0.15, 0.2) is 0 Å². The van der Waals surface area contributed by atoms with Crippen LogP contribution in [0.2, 0.25) is 0 Å². The van der Waals surface area contributed by atoms with E-state index in [9.17, 15) is 13.2 Å². The van der Waals surface area contributed by atoms with E-state index in [-0.39, 0.29) is 10.8 Å². The van der Waals surface area contributed by atoms with Crippen molar-refractivity contribution in [1.29, 1.82) is 0 Å². The van der Waals surface area contributed by atoms with Crippen LogP contribution >= 0.6 is 15.9 Å². The van der Waals surface area contributed by atoms with Gasteiger partial charge in [-0.3, -0.25) is 14.5 Å². The largest absolute Gasteiger partial charge is 0.308 e. The molecule has 1 aliphatic rings. The number of amides is 1. The summed E-state index contributed by atoms with van der Waals surface area (Å²) in [6.07, 6.45) is 3.87. The van der Waals surface area contributed by atoms with Crippen molar-refractivity contribution in [3.63, 3.8) is 0 Å². The fourth-order valence-electron chi connectivity index (χ4n) is 3.13. The Kier molecular flexibility index (Phi) is 4.91. The number of anilines is 2. The molecule has 3 aromatic rings. The molecule has 0 fully saturated rings. The molecule has 0 saturated heterocycles. The number of rotatable bonds is 4. The molecule has 28 heavy (non-hydrogen) atoms. The summed E-state index contributed by atoms with van der Waals surface area (Å²) in [7, 11) is -3.72. The Morgan fingerprint density at radius 3 is 2.61 bits per heavy atom. The van der Waals surface area contributed by atoms with Crippen LogP contribution in [-0.4, -0.2) is 25.9 Å². The summed E-state index contributed by atoms with van der Waals surface area (Å²) in [5, 5.41) is 0. The highest BCUT2D eigenvalue weighted by Crippen LogP contribution is 2.32. The molecule has 0 saturated carbocycles. The van der Waals surface area contributed by atoms with Gasteiger partial charge >= 0.3 is 0 Å². The van der Waals surface area contributed by atoms with E-state index < -0.39 is 10.0 Å². The van der Waals surface area contributed by atoms with E-state index in [0.29, 0.717) is 23.5 Å². The molecule has 0 bridgehead atoms. The number of fused-ring (bicyclic) bond motifs is 1. The van der Waals surface area contributed by atoms with Gasteiger partial charge in [0, 0.05) is 29.1 Å². The van der Waals surface area contributed by atoms with Crippen LogP contribution in [0.15, 0.2) is 76.4 Å². The first-order valence-corrected chi connectivity index (χ1v) is 10.8. The topological polar surface area (TPSA) is 79.4 Å². The Labute approximate surface area is 171 Å². The second-order valence-corrected chi connectivity index (χ2v) is 8.95. The molecule has 0 aliphatic carbocycles. The van der Waals surface area contributed by atoms with E-state index in [1.165, 1.54) is 18.3 Å². The summed E-state index contributed by atoms with van der Waals surface area (Å²) in [6, 6.07) is 15.1. The third-order valence-electron chi connectivity index (χ3n) is 4.51. The molecule has 1 aliphatic heterocycles. The van der Waals surface area contributed by atoms with Crippen LogP contribution in [0.3, 0.4) is 0 Å². The van der Waals surface area contributed by atoms with Crippen molar-refractivity contribution in [2.45, 2.75) is 11.3 Å². The van der Waals surface area contributed by atoms with Crippen molar-refractivity contribution in [3.05, 3.63) is 82.6 Å². The lowest BCUT2D eigenvalue weighted by Gasteiger charge is -2.18. The van der Waals surface area contributed by atoms with Crippen molar-refractivity contribution in [2.24, 2.45) is 0 Å². The van der Waals surface area contributed by atoms with E-state index in [1.807, 2.05) is 6.07 Å². The highest BCUT2D eigenvalue weighted by molar-refractivity contribution is 9.10. The number of carbonyl (C=O) groups excluding carboxylic acids is 1. The average molecular weight is 458 g/mol. The number of nitrogens with zero attached hydrogens (tertiary/aromatic N) is 2. The van der Waals surface area contributed by atoms with E-state index >= 15 is 0 Å². The van der Waals surface area contributed by atoms with E-state index in [1.54, 1.807) is 47.5 Å². The van der Waals surface area contributed by atoms with Crippen LogP contribution in [0.1, 0.15) is 15.9 Å². The molecule has 1 N–H and O–H groups in total. The molecule has 0 spiro atoms. The number of carbonyl (C=O) groups is 1. The number of hydrogen-bond acceptors (Lipinski definition) is 4. The Morgan fingerprint density at radius 2 is 1.89 bits per heavy atom. The van der Waals surface area contributed by atoms with Crippen LogP contribution in [0.5, 0.6) is 0 Å². The summed E-state index contributed by atoms with van der Waals surface area (Å²) in [5.41, 5.74) is 2.62. The second-order valence-electron chi connectivity index (χ2n) is 6.35. The van der Waals surface area contributed by atoms with Gasteiger partial charge in [-0.2, -0.15) is 0 Å². The van der Waals surface area contributed by atoms with E-state index in [0.717, 1.165) is 16.5 Å². The zero-order valence-electron chi connectivity index (χ0n) is 14.7. The SMILES string of the molecule is O=C(c1cccnc1)N1CCc2ccc(NS(=O)(=O)c3ccc(Br)cc3)cc21. The predicted octanol–water partition coefficient (Wildman–Crippen LogP) is 3.85. The number of sulfonamides is 1. The molecule has 0 unspecified atom stereocenters. The summed E-state index contributed by atoms with van der Waals surface area (Å²) in [4.78, 5) is 18.6. The molecule has 2 heterocycles. The number of hydrogen-bond donors (Lipinski definition) is 1. The fourth-order valence-corrected chi connectivity index (χ4v) is 4.44. The van der Waals surface area contributed by atoms with E-state index in [4.69, 9.17) is 0 Å². The molecule has 4 rings (SSSR count). The molecule has 0 atom stereocenters. The molecular weight excluding hydrogens is 442 g/mol. The Balaban J connectivity index is 1.62. The molecule has 0 radical (unpaired) electrons. The van der Waals surface area contributed by atoms with Gasteiger partial charge in [-0.15, -0.1) is 0 Å². The van der Waals surface area contributed by atoms with Crippen LogP contribution in [0.25, 0.3) is 0 Å². The van der Waals surface area contributed by atoms with Gasteiger partial charge in [0.05, 0.1) is 16.1 Å². The monoisotopic (exact) mass is 457 g/mol. The first-order chi connectivity index (χ1) is 13.4. The lowest BCUT2D eigenvalue weighted by atomic mass is 10.1. The van der Waals surface area contributed by atoms with Gasteiger partial charge < -0.3 is 4.90 Å². The number of benzene rings is 2. The third kappa shape index (κ3) is 3.65. The third-order valence-corrected chi connectivity index (χ3v) is 6.44. The summed E-state index contributed by atoms with van der Waals surface area (Å²) in [5.74, 6) is -0.153. The van der Waals surface area contributed by atoms with Crippen molar-refractivity contribution in [1.82, 2.24) is 4.98 Å². The van der Waals surface area contributed by atoms with Gasteiger partial charge in [0.1, 0.15) is 0 Å². The van der Waals surface area contributed by atoms with Gasteiger partial charge in [0.25, 0.3) is 15.9 Å². The highest BCUT2D eigenvalue weighted by atomic mass is 79.9. The quantitative estimate of drug-likeness (QED) is 0.644. The molecule has 6 nitrogen and oxygen atoms in total. The minimum atomic E-state index is -3.72. The van der Waals surface area contributed by atoms with Crippen LogP contribution < -0.4 is 9.62 Å². The second kappa shape index (κ2) is 7.37. The lowest BCUT2D eigenvalue weighted by molar-refractivity contribution is 0.0989. The maximum absolute atomic E-state index is 12.8. The van der Waals surface area contributed by atoms with E-state index in [2.05, 4.69) is 25.6 Å². The number of nitrogens with one attached hydrogen (secondary N) is 1. The number of halogens is 1. The predicted molar refractivity (Wildman–Crippen MR) is 111 cm³/mol. The standard InChI is InChI=1S/C20H16BrN3O3S/c21-16-4-7-18(8-5-16)28(26,27)23-17-6-3-14-9-11-24(19(14)12-17)20(25)15-2-1-10-22-13-15/h1-8,10,12-13,23H,9,11H2. The number of pyridine rings is 1. The first kappa shape index (κ1) is 18.6. The highest BCUT2D eigenvalue weighted by Gasteiger charge is 2.26. The smallest absolute Gasteiger partial charge is 0.261 e. The molecule has 8 heteroatoms. The van der Waals surface area contributed by atoms with Gasteiger partial charge in [-0.25, -0.2) is 8.42 Å². The maximum Gasteiger partial charge on any atom is 0.261 e. The summed E-state index contributed by atoms with van der Waals surface area (Å²) < 4.78 is 28.7. The molecule has 142 valence electrons. The Hall–Kier alpha value is -2.71. The van der Waals surface area contributed by atoms with Crippen LogP contribution in [0.4, 0.5) is 11.4 Å². The average Bonchev–Trinajstić information content (AvgIpc) is 3.11. The molecule has 2 aromatic carbocycles. The van der Waals surface area contributed by atoms with Gasteiger partial charge in [-0.05, 0) is 60.5 Å². The van der Waals surface area contributed by atoms with Crippen molar-refractivity contribution in [2.75, 3.05) is 16.2 Å². The molecular formula is C20H16BrN3O3S. The minimum Gasteiger partial charge on any atom is -0.308 e. The van der Waals surface area contributed by atoms with Gasteiger partial charge in [0.2, 0.25) is 0 Å². The zero-order valence-corrected chi connectivity index (χ0v) is 17.1. The van der Waals surface area contributed by atoms with Crippen molar-refractivity contribution < 1.29 is 13.2 Å². The maximum atomic E-state index is 12.8. The van der Waals surface area contributed by atoms with Crippen LogP contribution in [0, 0.1) is 0 Å². The zero-order chi connectivity index (χ0) is 19.7. The van der Waals surface area contributed by atoms with Crippen LogP contribution in [-0.2, 0) is 16.4 Å². The summed E-state index contributed by atoms with van der Waals surface area (Å²) in [6.45, 7) is 0.548. The fraction of sp³-hybridized carbons (Fsp3) is 0.100. The number of aromatic nitrogens is 1. The lowest BCUT2D eigenvalue weighted by Crippen LogP contribution is -2.29. The van der Waals surface area contributed by atoms with Crippen molar-refractivity contribution >= 4 is 43.2 Å². The normalized spacial score (nSPS) is 13.2. The Bertz CT molecular complexity index is 1130. The van der Waals surface area contributed by atoms with Crippen molar-refractivity contribution in [3.8, 4) is 0 Å². The summed E-state index contributed by atoms with van der Waals surface area (Å²) >= 11 is 3.30. The minimum absolute atomic E-state index is 0.153.